The Morgan fingerprint density at radius 3 is 2.62 bits per heavy atom. The molecule has 1 saturated carbocycles. The van der Waals surface area contributed by atoms with Crippen molar-refractivity contribution in [2.45, 2.75) is 44.6 Å². The van der Waals surface area contributed by atoms with Crippen LogP contribution in [0.15, 0.2) is 0 Å². The third-order valence-corrected chi connectivity index (χ3v) is 4.87. The van der Waals surface area contributed by atoms with E-state index >= 15 is 0 Å². The summed E-state index contributed by atoms with van der Waals surface area (Å²) in [5.74, 6) is 2.92. The summed E-state index contributed by atoms with van der Waals surface area (Å²) in [5, 5.41) is 3.02. The van der Waals surface area contributed by atoms with E-state index < -0.39 is 5.54 Å². The summed E-state index contributed by atoms with van der Waals surface area (Å²) in [6.45, 7) is 1.88. The normalized spacial score (nSPS) is 20.9. The number of primary amides is 1. The Kier molecular flexibility index (Phi) is 5.62. The fraction of sp³-hybridized carbons (Fsp3) is 0.917. The molecule has 1 fully saturated rings. The zero-order valence-electron chi connectivity index (χ0n) is 10.4. The first kappa shape index (κ1) is 13.8. The maximum absolute atomic E-state index is 11.3. The number of carbonyl (C=O) groups excluding carboxylic acids is 1. The molecular weight excluding hydrogens is 220 g/mol. The van der Waals surface area contributed by atoms with Crippen LogP contribution in [0.5, 0.6) is 0 Å². The maximum atomic E-state index is 11.3. The van der Waals surface area contributed by atoms with Crippen LogP contribution in [0.2, 0.25) is 0 Å². The van der Waals surface area contributed by atoms with E-state index in [1.54, 1.807) is 7.05 Å². The van der Waals surface area contributed by atoms with Gasteiger partial charge in [-0.1, -0.05) is 12.8 Å². The van der Waals surface area contributed by atoms with Crippen molar-refractivity contribution in [2.75, 3.05) is 18.6 Å². The van der Waals surface area contributed by atoms with Crippen molar-refractivity contribution in [1.82, 2.24) is 5.32 Å². The van der Waals surface area contributed by atoms with E-state index in [0.29, 0.717) is 0 Å². The van der Waals surface area contributed by atoms with Gasteiger partial charge in [0, 0.05) is 0 Å². The highest BCUT2D eigenvalue weighted by Gasteiger charge is 2.28. The Balaban J connectivity index is 2.15. The predicted molar refractivity (Wildman–Crippen MR) is 70.6 cm³/mol. The standard InChI is InChI=1S/C12H24N2OS/c1-12(14-2,11(13)15)7-8-16-9-10-5-3-4-6-10/h10,14H,3-9H2,1-2H3,(H2,13,15). The number of nitrogens with one attached hydrogen (secondary N) is 1. The van der Waals surface area contributed by atoms with Crippen molar-refractivity contribution < 1.29 is 4.79 Å². The molecule has 1 amide bonds. The lowest BCUT2D eigenvalue weighted by atomic mass is 9.99. The SMILES string of the molecule is CNC(C)(CCSCC1CCCC1)C(N)=O. The van der Waals surface area contributed by atoms with Gasteiger partial charge < -0.3 is 11.1 Å². The molecule has 4 heteroatoms. The number of rotatable bonds is 7. The molecule has 0 saturated heterocycles. The summed E-state index contributed by atoms with van der Waals surface area (Å²) in [4.78, 5) is 11.3. The molecule has 1 rings (SSSR count). The molecule has 3 nitrogen and oxygen atoms in total. The number of nitrogens with two attached hydrogens (primary N) is 1. The van der Waals surface area contributed by atoms with Gasteiger partial charge in [0.15, 0.2) is 0 Å². The second-order valence-corrected chi connectivity index (χ2v) is 6.07. The summed E-state index contributed by atoms with van der Waals surface area (Å²) in [6, 6.07) is 0. The van der Waals surface area contributed by atoms with E-state index in [9.17, 15) is 4.79 Å². The zero-order valence-corrected chi connectivity index (χ0v) is 11.2. The minimum Gasteiger partial charge on any atom is -0.368 e. The molecule has 0 heterocycles. The van der Waals surface area contributed by atoms with Crippen LogP contribution >= 0.6 is 11.8 Å². The third kappa shape index (κ3) is 3.98. The van der Waals surface area contributed by atoms with E-state index in [2.05, 4.69) is 5.32 Å². The van der Waals surface area contributed by atoms with Crippen LogP contribution in [0, 0.1) is 5.92 Å². The molecule has 1 aliphatic rings. The average molecular weight is 244 g/mol. The van der Waals surface area contributed by atoms with E-state index in [1.807, 2.05) is 18.7 Å². The molecule has 0 aliphatic heterocycles. The van der Waals surface area contributed by atoms with Gasteiger partial charge in [-0.2, -0.15) is 11.8 Å². The van der Waals surface area contributed by atoms with Gasteiger partial charge in [0.2, 0.25) is 5.91 Å². The number of hydrogen-bond acceptors (Lipinski definition) is 3. The number of hydrogen-bond donors (Lipinski definition) is 2. The first-order valence-corrected chi connectivity index (χ1v) is 7.30. The summed E-state index contributed by atoms with van der Waals surface area (Å²) < 4.78 is 0. The summed E-state index contributed by atoms with van der Waals surface area (Å²) in [5.41, 5.74) is 4.84. The molecule has 1 aliphatic carbocycles. The van der Waals surface area contributed by atoms with Crippen LogP contribution in [0.4, 0.5) is 0 Å². The van der Waals surface area contributed by atoms with Crippen LogP contribution in [0.3, 0.4) is 0 Å². The predicted octanol–water partition coefficient (Wildman–Crippen LogP) is 1.76. The third-order valence-electron chi connectivity index (χ3n) is 3.67. The fourth-order valence-corrected chi connectivity index (χ4v) is 3.46. The molecule has 0 bridgehead atoms. The van der Waals surface area contributed by atoms with Crippen LogP contribution < -0.4 is 11.1 Å². The van der Waals surface area contributed by atoms with Crippen molar-refractivity contribution in [3.8, 4) is 0 Å². The minimum absolute atomic E-state index is 0.253. The van der Waals surface area contributed by atoms with Crippen molar-refractivity contribution in [1.29, 1.82) is 0 Å². The molecule has 0 spiro atoms. The molecule has 1 unspecified atom stereocenters. The fourth-order valence-electron chi connectivity index (χ4n) is 2.07. The molecule has 0 aromatic heterocycles. The highest BCUT2D eigenvalue weighted by molar-refractivity contribution is 7.99. The molecule has 0 radical (unpaired) electrons. The quantitative estimate of drug-likeness (QED) is 0.671. The van der Waals surface area contributed by atoms with Gasteiger partial charge in [-0.05, 0) is 50.7 Å². The largest absolute Gasteiger partial charge is 0.368 e. The lowest BCUT2D eigenvalue weighted by molar-refractivity contribution is -0.123. The van der Waals surface area contributed by atoms with E-state index in [0.717, 1.165) is 18.1 Å². The van der Waals surface area contributed by atoms with Crippen LogP contribution in [-0.4, -0.2) is 30.0 Å². The minimum atomic E-state index is -0.539. The molecule has 0 aromatic rings. The lowest BCUT2D eigenvalue weighted by Gasteiger charge is -2.25. The lowest BCUT2D eigenvalue weighted by Crippen LogP contribution is -2.51. The van der Waals surface area contributed by atoms with Crippen molar-refractivity contribution in [2.24, 2.45) is 11.7 Å². The van der Waals surface area contributed by atoms with Gasteiger partial charge in [0.05, 0.1) is 5.54 Å². The second kappa shape index (κ2) is 6.50. The Bertz CT molecular complexity index is 229. The highest BCUT2D eigenvalue weighted by Crippen LogP contribution is 2.28. The van der Waals surface area contributed by atoms with E-state index in [-0.39, 0.29) is 5.91 Å². The number of thioether (sulfide) groups is 1. The van der Waals surface area contributed by atoms with E-state index in [4.69, 9.17) is 5.73 Å². The van der Waals surface area contributed by atoms with Gasteiger partial charge in [-0.3, -0.25) is 4.79 Å². The summed E-state index contributed by atoms with van der Waals surface area (Å²) >= 11 is 1.96. The van der Waals surface area contributed by atoms with Gasteiger partial charge >= 0.3 is 0 Å². The molecule has 94 valence electrons. The number of amides is 1. The molecule has 3 N–H and O–H groups in total. The van der Waals surface area contributed by atoms with Crippen molar-refractivity contribution in [3.05, 3.63) is 0 Å². The van der Waals surface area contributed by atoms with Crippen molar-refractivity contribution >= 4 is 17.7 Å². The number of carbonyl (C=O) groups is 1. The first-order chi connectivity index (χ1) is 7.58. The Morgan fingerprint density at radius 1 is 1.50 bits per heavy atom. The van der Waals surface area contributed by atoms with Gasteiger partial charge in [0.25, 0.3) is 0 Å². The monoisotopic (exact) mass is 244 g/mol. The Morgan fingerprint density at radius 2 is 2.12 bits per heavy atom. The van der Waals surface area contributed by atoms with E-state index in [1.165, 1.54) is 31.4 Å². The second-order valence-electron chi connectivity index (χ2n) is 4.92. The van der Waals surface area contributed by atoms with Gasteiger partial charge in [-0.15, -0.1) is 0 Å². The first-order valence-electron chi connectivity index (χ1n) is 6.15. The van der Waals surface area contributed by atoms with Crippen LogP contribution in [0.1, 0.15) is 39.0 Å². The Labute approximate surface area is 103 Å². The molecule has 16 heavy (non-hydrogen) atoms. The topological polar surface area (TPSA) is 55.1 Å². The zero-order chi connectivity index (χ0) is 12.0. The van der Waals surface area contributed by atoms with Gasteiger partial charge in [0.1, 0.15) is 0 Å². The van der Waals surface area contributed by atoms with Crippen LogP contribution in [-0.2, 0) is 4.79 Å². The van der Waals surface area contributed by atoms with Crippen molar-refractivity contribution in [3.63, 3.8) is 0 Å². The molecular formula is C12H24N2OS. The maximum Gasteiger partial charge on any atom is 0.237 e. The highest BCUT2D eigenvalue weighted by atomic mass is 32.2. The smallest absolute Gasteiger partial charge is 0.237 e. The summed E-state index contributed by atoms with van der Waals surface area (Å²) in [7, 11) is 1.80. The molecule has 0 aromatic carbocycles. The summed E-state index contributed by atoms with van der Waals surface area (Å²) in [6.07, 6.45) is 6.41. The molecule has 1 atom stereocenters. The average Bonchev–Trinajstić information content (AvgIpc) is 2.76. The number of likely N-dealkylation sites (N-methyl/N-ethyl adjacent to an activating group) is 1. The Hall–Kier alpha value is -0.220. The van der Waals surface area contributed by atoms with Crippen LogP contribution in [0.25, 0.3) is 0 Å². The van der Waals surface area contributed by atoms with Gasteiger partial charge in [-0.25, -0.2) is 0 Å².